The van der Waals surface area contributed by atoms with Crippen LogP contribution >= 0.6 is 11.3 Å². The van der Waals surface area contributed by atoms with E-state index in [0.717, 1.165) is 11.3 Å². The van der Waals surface area contributed by atoms with E-state index in [1.165, 1.54) is 9.75 Å². The SMILES string of the molecule is COc1ccccc1-c1ccc([C@H](C)N)s1. The molecule has 0 saturated heterocycles. The number of benzene rings is 1. The van der Waals surface area contributed by atoms with E-state index in [9.17, 15) is 0 Å². The summed E-state index contributed by atoms with van der Waals surface area (Å²) in [6.07, 6.45) is 0. The molecule has 1 aromatic heterocycles. The molecular formula is C13H15NOS. The number of ether oxygens (including phenoxy) is 1. The molecular weight excluding hydrogens is 218 g/mol. The minimum Gasteiger partial charge on any atom is -0.496 e. The van der Waals surface area contributed by atoms with Crippen LogP contribution < -0.4 is 10.5 Å². The third-order valence-electron chi connectivity index (χ3n) is 2.45. The van der Waals surface area contributed by atoms with Crippen molar-refractivity contribution >= 4 is 11.3 Å². The fraction of sp³-hybridized carbons (Fsp3) is 0.231. The maximum absolute atomic E-state index is 5.85. The molecule has 0 aliphatic heterocycles. The normalized spacial score (nSPS) is 12.4. The number of methoxy groups -OCH3 is 1. The molecule has 84 valence electrons. The molecule has 1 atom stereocenters. The first-order valence-corrected chi connectivity index (χ1v) is 6.02. The van der Waals surface area contributed by atoms with Crippen LogP contribution in [0.3, 0.4) is 0 Å². The van der Waals surface area contributed by atoms with Crippen molar-refractivity contribution in [2.45, 2.75) is 13.0 Å². The summed E-state index contributed by atoms with van der Waals surface area (Å²) >= 11 is 1.72. The van der Waals surface area contributed by atoms with Gasteiger partial charge in [-0.15, -0.1) is 11.3 Å². The molecule has 0 aliphatic carbocycles. The zero-order chi connectivity index (χ0) is 11.5. The fourth-order valence-corrected chi connectivity index (χ4v) is 2.58. The first-order valence-electron chi connectivity index (χ1n) is 5.21. The lowest BCUT2D eigenvalue weighted by Crippen LogP contribution is -2.01. The van der Waals surface area contributed by atoms with Crippen molar-refractivity contribution in [1.82, 2.24) is 0 Å². The summed E-state index contributed by atoms with van der Waals surface area (Å²) in [5.74, 6) is 0.903. The molecule has 0 spiro atoms. The van der Waals surface area contributed by atoms with Crippen LogP contribution in [0.2, 0.25) is 0 Å². The average molecular weight is 233 g/mol. The summed E-state index contributed by atoms with van der Waals surface area (Å²) in [7, 11) is 1.69. The molecule has 2 rings (SSSR count). The van der Waals surface area contributed by atoms with Gasteiger partial charge >= 0.3 is 0 Å². The van der Waals surface area contributed by atoms with Crippen LogP contribution in [0.25, 0.3) is 10.4 Å². The molecule has 2 N–H and O–H groups in total. The first kappa shape index (κ1) is 11.2. The van der Waals surface area contributed by atoms with Crippen molar-refractivity contribution in [3.63, 3.8) is 0 Å². The third kappa shape index (κ3) is 2.10. The minimum atomic E-state index is 0.0912. The topological polar surface area (TPSA) is 35.2 Å². The highest BCUT2D eigenvalue weighted by Gasteiger charge is 2.09. The van der Waals surface area contributed by atoms with E-state index in [4.69, 9.17) is 10.5 Å². The number of nitrogens with two attached hydrogens (primary N) is 1. The number of hydrogen-bond acceptors (Lipinski definition) is 3. The van der Waals surface area contributed by atoms with Gasteiger partial charge in [-0.2, -0.15) is 0 Å². The van der Waals surface area contributed by atoms with E-state index in [2.05, 4.69) is 18.2 Å². The van der Waals surface area contributed by atoms with Gasteiger partial charge in [0.2, 0.25) is 0 Å². The van der Waals surface area contributed by atoms with Gasteiger partial charge < -0.3 is 10.5 Å². The Labute approximate surface area is 99.7 Å². The lowest BCUT2D eigenvalue weighted by atomic mass is 10.1. The van der Waals surface area contributed by atoms with Gasteiger partial charge in [-0.25, -0.2) is 0 Å². The van der Waals surface area contributed by atoms with Gasteiger partial charge in [0.05, 0.1) is 7.11 Å². The number of hydrogen-bond donors (Lipinski definition) is 1. The molecule has 0 amide bonds. The molecule has 2 aromatic rings. The molecule has 2 nitrogen and oxygen atoms in total. The van der Waals surface area contributed by atoms with Gasteiger partial charge in [0.1, 0.15) is 5.75 Å². The van der Waals surface area contributed by atoms with Crippen LogP contribution in [0, 0.1) is 0 Å². The second-order valence-corrected chi connectivity index (χ2v) is 4.81. The van der Waals surface area contributed by atoms with Gasteiger partial charge in [-0.1, -0.05) is 12.1 Å². The predicted octanol–water partition coefficient (Wildman–Crippen LogP) is 3.44. The highest BCUT2D eigenvalue weighted by Crippen LogP contribution is 2.35. The van der Waals surface area contributed by atoms with E-state index in [1.807, 2.05) is 25.1 Å². The van der Waals surface area contributed by atoms with E-state index >= 15 is 0 Å². The Morgan fingerprint density at radius 1 is 1.19 bits per heavy atom. The van der Waals surface area contributed by atoms with Crippen molar-refractivity contribution in [2.75, 3.05) is 7.11 Å². The van der Waals surface area contributed by atoms with Gasteiger partial charge in [0.25, 0.3) is 0 Å². The van der Waals surface area contributed by atoms with Gasteiger partial charge in [0.15, 0.2) is 0 Å². The standard InChI is InChI=1S/C13H15NOS/c1-9(14)12-7-8-13(16-12)10-5-3-4-6-11(10)15-2/h3-9H,14H2,1-2H3/t9-/m0/s1. The molecule has 16 heavy (non-hydrogen) atoms. The summed E-state index contributed by atoms with van der Waals surface area (Å²) in [4.78, 5) is 2.39. The number of thiophene rings is 1. The van der Waals surface area contributed by atoms with E-state index in [1.54, 1.807) is 18.4 Å². The second kappa shape index (κ2) is 4.68. The zero-order valence-corrected chi connectivity index (χ0v) is 10.3. The Kier molecular flexibility index (Phi) is 3.27. The maximum atomic E-state index is 5.85. The van der Waals surface area contributed by atoms with Crippen LogP contribution in [0.15, 0.2) is 36.4 Å². The Morgan fingerprint density at radius 2 is 1.94 bits per heavy atom. The molecule has 1 heterocycles. The van der Waals surface area contributed by atoms with Gasteiger partial charge in [-0.3, -0.25) is 0 Å². The summed E-state index contributed by atoms with van der Waals surface area (Å²) in [6, 6.07) is 12.3. The quantitative estimate of drug-likeness (QED) is 0.881. The summed E-state index contributed by atoms with van der Waals surface area (Å²) in [5.41, 5.74) is 6.98. The summed E-state index contributed by atoms with van der Waals surface area (Å²) in [6.45, 7) is 2.00. The van der Waals surface area contributed by atoms with E-state index < -0.39 is 0 Å². The first-order chi connectivity index (χ1) is 7.72. The van der Waals surface area contributed by atoms with Crippen LogP contribution in [0.5, 0.6) is 5.75 Å². The second-order valence-electron chi connectivity index (χ2n) is 3.69. The van der Waals surface area contributed by atoms with Gasteiger partial charge in [0, 0.05) is 21.4 Å². The van der Waals surface area contributed by atoms with Crippen LogP contribution in [-0.4, -0.2) is 7.11 Å². The smallest absolute Gasteiger partial charge is 0.127 e. The van der Waals surface area contributed by atoms with Gasteiger partial charge in [-0.05, 0) is 31.2 Å². The van der Waals surface area contributed by atoms with Crippen LogP contribution in [0.4, 0.5) is 0 Å². The maximum Gasteiger partial charge on any atom is 0.127 e. The molecule has 0 fully saturated rings. The molecule has 0 unspecified atom stereocenters. The van der Waals surface area contributed by atoms with E-state index in [-0.39, 0.29) is 6.04 Å². The third-order valence-corrected chi connectivity index (χ3v) is 3.77. The predicted molar refractivity (Wildman–Crippen MR) is 68.9 cm³/mol. The number of rotatable bonds is 3. The van der Waals surface area contributed by atoms with Crippen molar-refractivity contribution in [2.24, 2.45) is 5.73 Å². The Hall–Kier alpha value is -1.32. The molecule has 0 aliphatic rings. The van der Waals surface area contributed by atoms with Crippen LogP contribution in [0.1, 0.15) is 17.8 Å². The fourth-order valence-electron chi connectivity index (χ4n) is 1.59. The molecule has 0 radical (unpaired) electrons. The zero-order valence-electron chi connectivity index (χ0n) is 9.44. The molecule has 3 heteroatoms. The number of para-hydroxylation sites is 1. The monoisotopic (exact) mass is 233 g/mol. The molecule has 0 saturated carbocycles. The molecule has 1 aromatic carbocycles. The van der Waals surface area contributed by atoms with Crippen molar-refractivity contribution in [1.29, 1.82) is 0 Å². The Bertz CT molecular complexity index is 476. The summed E-state index contributed by atoms with van der Waals surface area (Å²) < 4.78 is 5.34. The highest BCUT2D eigenvalue weighted by molar-refractivity contribution is 7.15. The average Bonchev–Trinajstić information content (AvgIpc) is 2.78. The molecule has 0 bridgehead atoms. The largest absolute Gasteiger partial charge is 0.496 e. The Balaban J connectivity index is 2.42. The van der Waals surface area contributed by atoms with Crippen molar-refractivity contribution in [3.8, 4) is 16.2 Å². The Morgan fingerprint density at radius 3 is 2.56 bits per heavy atom. The van der Waals surface area contributed by atoms with E-state index in [0.29, 0.717) is 0 Å². The van der Waals surface area contributed by atoms with Crippen LogP contribution in [-0.2, 0) is 0 Å². The van der Waals surface area contributed by atoms with Crippen molar-refractivity contribution in [3.05, 3.63) is 41.3 Å². The van der Waals surface area contributed by atoms with Crippen molar-refractivity contribution < 1.29 is 4.74 Å². The lowest BCUT2D eigenvalue weighted by Gasteiger charge is -2.05. The minimum absolute atomic E-state index is 0.0912. The summed E-state index contributed by atoms with van der Waals surface area (Å²) in [5, 5.41) is 0. The lowest BCUT2D eigenvalue weighted by molar-refractivity contribution is 0.416. The highest BCUT2D eigenvalue weighted by atomic mass is 32.1.